The Labute approximate surface area is 117 Å². The van der Waals surface area contributed by atoms with Crippen molar-refractivity contribution in [2.45, 2.75) is 32.4 Å². The maximum absolute atomic E-state index is 3.57. The summed E-state index contributed by atoms with van der Waals surface area (Å²) in [4.78, 5) is 4.72. The summed E-state index contributed by atoms with van der Waals surface area (Å²) in [6, 6.07) is 9.44. The zero-order valence-electron chi connectivity index (χ0n) is 12.5. The molecule has 1 fully saturated rings. The van der Waals surface area contributed by atoms with Gasteiger partial charge in [0, 0.05) is 38.9 Å². The lowest BCUT2D eigenvalue weighted by molar-refractivity contribution is 0.251. The van der Waals surface area contributed by atoms with E-state index in [1.54, 1.807) is 0 Å². The largest absolute Gasteiger partial charge is 0.378 e. The second kappa shape index (κ2) is 6.92. The second-order valence-electron chi connectivity index (χ2n) is 5.78. The molecule has 1 saturated heterocycles. The lowest BCUT2D eigenvalue weighted by atomic mass is 10.2. The van der Waals surface area contributed by atoms with Crippen LogP contribution in [0.2, 0.25) is 0 Å². The highest BCUT2D eigenvalue weighted by Crippen LogP contribution is 2.13. The number of likely N-dealkylation sites (tertiary alicyclic amines) is 1. The van der Waals surface area contributed by atoms with Crippen LogP contribution in [0, 0.1) is 0 Å². The van der Waals surface area contributed by atoms with E-state index in [1.165, 1.54) is 37.2 Å². The van der Waals surface area contributed by atoms with Crippen LogP contribution in [0.1, 0.15) is 25.3 Å². The Kier molecular flexibility index (Phi) is 5.23. The fourth-order valence-corrected chi connectivity index (χ4v) is 2.65. The molecule has 1 atom stereocenters. The van der Waals surface area contributed by atoms with Gasteiger partial charge in [-0.2, -0.15) is 0 Å². The number of benzene rings is 1. The molecule has 0 aliphatic carbocycles. The molecular weight excluding hydrogens is 234 g/mol. The van der Waals surface area contributed by atoms with Crippen LogP contribution >= 0.6 is 0 Å². The number of anilines is 1. The summed E-state index contributed by atoms with van der Waals surface area (Å²) >= 11 is 0. The Bertz CT molecular complexity index is 366. The molecule has 3 heteroatoms. The lowest BCUT2D eigenvalue weighted by Crippen LogP contribution is -2.38. The van der Waals surface area contributed by atoms with Gasteiger partial charge in [-0.3, -0.25) is 4.90 Å². The number of hydrogen-bond donors (Lipinski definition) is 1. The van der Waals surface area contributed by atoms with Crippen molar-refractivity contribution in [2.24, 2.45) is 0 Å². The van der Waals surface area contributed by atoms with Crippen molar-refractivity contribution in [3.63, 3.8) is 0 Å². The summed E-state index contributed by atoms with van der Waals surface area (Å²) in [5, 5.41) is 3.57. The molecule has 1 aromatic rings. The molecule has 1 N–H and O–H groups in total. The van der Waals surface area contributed by atoms with E-state index in [1.807, 2.05) is 0 Å². The van der Waals surface area contributed by atoms with Crippen LogP contribution in [0.3, 0.4) is 0 Å². The highest BCUT2D eigenvalue weighted by Gasteiger charge is 2.17. The van der Waals surface area contributed by atoms with Gasteiger partial charge in [0.1, 0.15) is 0 Å². The van der Waals surface area contributed by atoms with Gasteiger partial charge in [0.05, 0.1) is 0 Å². The van der Waals surface area contributed by atoms with Crippen molar-refractivity contribution in [3.05, 3.63) is 29.8 Å². The third-order valence-electron chi connectivity index (χ3n) is 3.99. The summed E-state index contributed by atoms with van der Waals surface area (Å²) in [6.45, 7) is 6.93. The molecule has 2 rings (SSSR count). The Morgan fingerprint density at radius 1 is 1.16 bits per heavy atom. The van der Waals surface area contributed by atoms with E-state index in [0.717, 1.165) is 13.1 Å². The van der Waals surface area contributed by atoms with E-state index >= 15 is 0 Å². The van der Waals surface area contributed by atoms with Crippen LogP contribution in [-0.2, 0) is 6.54 Å². The third-order valence-corrected chi connectivity index (χ3v) is 3.99. The summed E-state index contributed by atoms with van der Waals surface area (Å²) in [5.41, 5.74) is 2.62. The van der Waals surface area contributed by atoms with E-state index in [-0.39, 0.29) is 0 Å². The number of hydrogen-bond acceptors (Lipinski definition) is 3. The molecule has 0 radical (unpaired) electrons. The molecule has 0 spiro atoms. The van der Waals surface area contributed by atoms with E-state index in [9.17, 15) is 0 Å². The SMILES string of the molecule is CC(CNCc1ccc(N(C)C)cc1)N1CCCC1. The van der Waals surface area contributed by atoms with Crippen molar-refractivity contribution >= 4 is 5.69 Å². The van der Waals surface area contributed by atoms with Gasteiger partial charge in [-0.1, -0.05) is 12.1 Å². The van der Waals surface area contributed by atoms with Gasteiger partial charge in [0.2, 0.25) is 0 Å². The first-order chi connectivity index (χ1) is 9.16. The molecule has 3 nitrogen and oxygen atoms in total. The number of nitrogens with one attached hydrogen (secondary N) is 1. The Hall–Kier alpha value is -1.06. The van der Waals surface area contributed by atoms with Crippen LogP contribution in [0.15, 0.2) is 24.3 Å². The first-order valence-electron chi connectivity index (χ1n) is 7.38. The van der Waals surface area contributed by atoms with Crippen molar-refractivity contribution in [1.82, 2.24) is 10.2 Å². The summed E-state index contributed by atoms with van der Waals surface area (Å²) in [7, 11) is 4.15. The normalized spacial score (nSPS) is 17.6. The van der Waals surface area contributed by atoms with Crippen molar-refractivity contribution in [1.29, 1.82) is 0 Å². The molecule has 0 saturated carbocycles. The zero-order valence-corrected chi connectivity index (χ0v) is 12.5. The predicted octanol–water partition coefficient (Wildman–Crippen LogP) is 2.33. The maximum atomic E-state index is 3.57. The molecular formula is C16H27N3. The monoisotopic (exact) mass is 261 g/mol. The van der Waals surface area contributed by atoms with Crippen LogP contribution < -0.4 is 10.2 Å². The highest BCUT2D eigenvalue weighted by atomic mass is 15.2. The lowest BCUT2D eigenvalue weighted by Gasteiger charge is -2.24. The maximum Gasteiger partial charge on any atom is 0.0361 e. The van der Waals surface area contributed by atoms with Crippen LogP contribution in [0.25, 0.3) is 0 Å². The predicted molar refractivity (Wildman–Crippen MR) is 82.7 cm³/mol. The summed E-state index contributed by atoms with van der Waals surface area (Å²) in [5.74, 6) is 0. The topological polar surface area (TPSA) is 18.5 Å². The number of rotatable bonds is 6. The Morgan fingerprint density at radius 2 is 1.79 bits per heavy atom. The average Bonchev–Trinajstić information content (AvgIpc) is 2.93. The van der Waals surface area contributed by atoms with Crippen LogP contribution in [-0.4, -0.2) is 44.7 Å². The fraction of sp³-hybridized carbons (Fsp3) is 0.625. The molecule has 1 heterocycles. The number of nitrogens with zero attached hydrogens (tertiary/aromatic N) is 2. The van der Waals surface area contributed by atoms with E-state index in [0.29, 0.717) is 6.04 Å². The van der Waals surface area contributed by atoms with Crippen molar-refractivity contribution in [2.75, 3.05) is 38.6 Å². The van der Waals surface area contributed by atoms with E-state index in [2.05, 4.69) is 60.4 Å². The third kappa shape index (κ3) is 4.22. The molecule has 0 bridgehead atoms. The fourth-order valence-electron chi connectivity index (χ4n) is 2.65. The van der Waals surface area contributed by atoms with E-state index < -0.39 is 0 Å². The molecule has 0 amide bonds. The van der Waals surface area contributed by atoms with Gasteiger partial charge in [0.15, 0.2) is 0 Å². The molecule has 1 unspecified atom stereocenters. The summed E-state index contributed by atoms with van der Waals surface area (Å²) < 4.78 is 0. The van der Waals surface area contributed by atoms with Crippen molar-refractivity contribution in [3.8, 4) is 0 Å². The minimum Gasteiger partial charge on any atom is -0.378 e. The van der Waals surface area contributed by atoms with Crippen LogP contribution in [0.4, 0.5) is 5.69 Å². The molecule has 19 heavy (non-hydrogen) atoms. The molecule has 1 aromatic carbocycles. The smallest absolute Gasteiger partial charge is 0.0361 e. The quantitative estimate of drug-likeness (QED) is 0.848. The summed E-state index contributed by atoms with van der Waals surface area (Å²) in [6.07, 6.45) is 2.74. The Morgan fingerprint density at radius 3 is 2.37 bits per heavy atom. The minimum absolute atomic E-state index is 0.656. The standard InChI is InChI=1S/C16H27N3/c1-14(19-10-4-5-11-19)12-17-13-15-6-8-16(9-7-15)18(2)3/h6-9,14,17H,4-5,10-13H2,1-3H3. The van der Waals surface area contributed by atoms with Gasteiger partial charge in [-0.15, -0.1) is 0 Å². The molecule has 1 aliphatic rings. The second-order valence-corrected chi connectivity index (χ2v) is 5.78. The van der Waals surface area contributed by atoms with Gasteiger partial charge in [-0.25, -0.2) is 0 Å². The molecule has 106 valence electrons. The van der Waals surface area contributed by atoms with E-state index in [4.69, 9.17) is 0 Å². The van der Waals surface area contributed by atoms with Crippen molar-refractivity contribution < 1.29 is 0 Å². The molecule has 1 aliphatic heterocycles. The van der Waals surface area contributed by atoms with Gasteiger partial charge >= 0.3 is 0 Å². The molecule has 0 aromatic heterocycles. The van der Waals surface area contributed by atoms with Gasteiger partial charge < -0.3 is 10.2 Å². The van der Waals surface area contributed by atoms with Gasteiger partial charge in [0.25, 0.3) is 0 Å². The first-order valence-corrected chi connectivity index (χ1v) is 7.38. The zero-order chi connectivity index (χ0) is 13.7. The first kappa shape index (κ1) is 14.4. The highest BCUT2D eigenvalue weighted by molar-refractivity contribution is 5.45. The van der Waals surface area contributed by atoms with Crippen LogP contribution in [0.5, 0.6) is 0 Å². The Balaban J connectivity index is 1.72. The van der Waals surface area contributed by atoms with Gasteiger partial charge in [-0.05, 0) is 50.6 Å². The minimum atomic E-state index is 0.656. The average molecular weight is 261 g/mol.